The molecule has 1 N–H and O–H groups in total. The number of pyridine rings is 1. The zero-order chi connectivity index (χ0) is 18.1. The number of nitrogens with zero attached hydrogens (tertiary/aromatic N) is 3. The topological polar surface area (TPSA) is 48.5 Å². The Kier molecular flexibility index (Phi) is 4.53. The normalized spacial score (nSPS) is 17.3. The zero-order valence-electron chi connectivity index (χ0n) is 15.5. The molecule has 1 amide bonds. The van der Waals surface area contributed by atoms with E-state index < -0.39 is 0 Å². The summed E-state index contributed by atoms with van der Waals surface area (Å²) in [6, 6.07) is 10.5. The van der Waals surface area contributed by atoms with Crippen LogP contribution in [0.1, 0.15) is 24.0 Å². The van der Waals surface area contributed by atoms with Crippen molar-refractivity contribution < 1.29 is 4.79 Å². The number of piperazine rings is 1. The molecule has 0 spiro atoms. The fraction of sp³-hybridized carbons (Fsp3) is 0.429. The van der Waals surface area contributed by atoms with Crippen LogP contribution >= 0.6 is 0 Å². The summed E-state index contributed by atoms with van der Waals surface area (Å²) in [5.74, 6) is 0.960. The molecule has 1 saturated carbocycles. The van der Waals surface area contributed by atoms with E-state index in [0.717, 1.165) is 44.7 Å². The lowest BCUT2D eigenvalue weighted by Gasteiger charge is -2.38. The standard InChI is InChI=1S/C21H26N4O/c1-15-4-3-5-19(16(15)2)25-12-10-24(11-13-25)18-8-9-20(22-14-18)23-21(26)17-6-7-17/h3-5,8-9,14,17H,6-7,10-13H2,1-2H3,(H,22,23,26). The third kappa shape index (κ3) is 3.52. The predicted molar refractivity (Wildman–Crippen MR) is 106 cm³/mol. The van der Waals surface area contributed by atoms with Crippen molar-refractivity contribution in [3.8, 4) is 0 Å². The van der Waals surface area contributed by atoms with Gasteiger partial charge in [0.15, 0.2) is 0 Å². The quantitative estimate of drug-likeness (QED) is 0.918. The largest absolute Gasteiger partial charge is 0.368 e. The third-order valence-electron chi connectivity index (χ3n) is 5.51. The molecule has 0 unspecified atom stereocenters. The summed E-state index contributed by atoms with van der Waals surface area (Å²) in [6.45, 7) is 8.33. The first-order chi connectivity index (χ1) is 12.6. The van der Waals surface area contributed by atoms with E-state index in [0.29, 0.717) is 5.82 Å². The third-order valence-corrected chi connectivity index (χ3v) is 5.51. The number of aryl methyl sites for hydroxylation is 1. The van der Waals surface area contributed by atoms with Crippen molar-refractivity contribution in [2.24, 2.45) is 5.92 Å². The van der Waals surface area contributed by atoms with E-state index in [4.69, 9.17) is 0 Å². The van der Waals surface area contributed by atoms with Crippen LogP contribution < -0.4 is 15.1 Å². The lowest BCUT2D eigenvalue weighted by atomic mass is 10.1. The molecule has 0 radical (unpaired) electrons. The first kappa shape index (κ1) is 16.9. The Hall–Kier alpha value is -2.56. The Morgan fingerprint density at radius 3 is 2.42 bits per heavy atom. The maximum Gasteiger partial charge on any atom is 0.228 e. The minimum absolute atomic E-state index is 0.104. The molecule has 2 heterocycles. The smallest absolute Gasteiger partial charge is 0.228 e. The number of amides is 1. The maximum absolute atomic E-state index is 11.8. The van der Waals surface area contributed by atoms with Gasteiger partial charge in [-0.2, -0.15) is 0 Å². The highest BCUT2D eigenvalue weighted by Crippen LogP contribution is 2.30. The Morgan fingerprint density at radius 2 is 1.77 bits per heavy atom. The minimum Gasteiger partial charge on any atom is -0.368 e. The Morgan fingerprint density at radius 1 is 1.04 bits per heavy atom. The molecule has 2 fully saturated rings. The van der Waals surface area contributed by atoms with Gasteiger partial charge in [0, 0.05) is 37.8 Å². The number of aromatic nitrogens is 1. The molecule has 1 aromatic heterocycles. The highest BCUT2D eigenvalue weighted by Gasteiger charge is 2.29. The Bertz CT molecular complexity index is 790. The van der Waals surface area contributed by atoms with Crippen LogP contribution in [0.5, 0.6) is 0 Å². The van der Waals surface area contributed by atoms with Gasteiger partial charge in [0.25, 0.3) is 0 Å². The van der Waals surface area contributed by atoms with E-state index in [-0.39, 0.29) is 11.8 Å². The van der Waals surface area contributed by atoms with Gasteiger partial charge in [-0.1, -0.05) is 12.1 Å². The first-order valence-corrected chi connectivity index (χ1v) is 9.45. The second-order valence-electron chi connectivity index (χ2n) is 7.36. The zero-order valence-corrected chi connectivity index (χ0v) is 15.5. The number of benzene rings is 1. The van der Waals surface area contributed by atoms with Gasteiger partial charge in [-0.15, -0.1) is 0 Å². The summed E-state index contributed by atoms with van der Waals surface area (Å²) < 4.78 is 0. The van der Waals surface area contributed by atoms with Gasteiger partial charge in [-0.3, -0.25) is 4.79 Å². The molecule has 1 aliphatic heterocycles. The van der Waals surface area contributed by atoms with Gasteiger partial charge in [0.2, 0.25) is 5.91 Å². The fourth-order valence-corrected chi connectivity index (χ4v) is 3.50. The average molecular weight is 350 g/mol. The maximum atomic E-state index is 11.8. The number of nitrogens with one attached hydrogen (secondary N) is 1. The second kappa shape index (κ2) is 6.98. The average Bonchev–Trinajstić information content (AvgIpc) is 3.50. The van der Waals surface area contributed by atoms with Crippen molar-refractivity contribution >= 4 is 23.1 Å². The van der Waals surface area contributed by atoms with Crippen LogP contribution in [0.2, 0.25) is 0 Å². The molecule has 1 aromatic carbocycles. The van der Waals surface area contributed by atoms with Gasteiger partial charge in [-0.05, 0) is 56.0 Å². The van der Waals surface area contributed by atoms with Crippen LogP contribution in [0, 0.1) is 19.8 Å². The lowest BCUT2D eigenvalue weighted by molar-refractivity contribution is -0.117. The number of hydrogen-bond acceptors (Lipinski definition) is 4. The molecule has 1 aliphatic carbocycles. The highest BCUT2D eigenvalue weighted by atomic mass is 16.2. The van der Waals surface area contributed by atoms with Crippen LogP contribution in [-0.2, 0) is 4.79 Å². The fourth-order valence-electron chi connectivity index (χ4n) is 3.50. The summed E-state index contributed by atoms with van der Waals surface area (Å²) in [5.41, 5.74) is 5.19. The molecule has 5 nitrogen and oxygen atoms in total. The summed E-state index contributed by atoms with van der Waals surface area (Å²) in [4.78, 5) is 21.1. The van der Waals surface area contributed by atoms with Crippen molar-refractivity contribution in [2.45, 2.75) is 26.7 Å². The summed E-state index contributed by atoms with van der Waals surface area (Å²) in [6.07, 6.45) is 3.89. The summed E-state index contributed by atoms with van der Waals surface area (Å²) >= 11 is 0. The molecular weight excluding hydrogens is 324 g/mol. The minimum atomic E-state index is 0.104. The van der Waals surface area contributed by atoms with Crippen LogP contribution in [0.25, 0.3) is 0 Å². The van der Waals surface area contributed by atoms with E-state index in [1.165, 1.54) is 16.8 Å². The van der Waals surface area contributed by atoms with Crippen LogP contribution in [-0.4, -0.2) is 37.1 Å². The molecule has 1 saturated heterocycles. The Labute approximate surface area is 155 Å². The van der Waals surface area contributed by atoms with Crippen molar-refractivity contribution in [3.63, 3.8) is 0 Å². The van der Waals surface area contributed by atoms with Crippen molar-refractivity contribution in [3.05, 3.63) is 47.7 Å². The van der Waals surface area contributed by atoms with E-state index in [9.17, 15) is 4.79 Å². The van der Waals surface area contributed by atoms with E-state index in [1.807, 2.05) is 12.3 Å². The van der Waals surface area contributed by atoms with Gasteiger partial charge in [0.05, 0.1) is 11.9 Å². The summed E-state index contributed by atoms with van der Waals surface area (Å²) in [5, 5.41) is 2.90. The molecular formula is C21H26N4O. The SMILES string of the molecule is Cc1cccc(N2CCN(c3ccc(NC(=O)C4CC4)nc3)CC2)c1C. The van der Waals surface area contributed by atoms with E-state index in [1.54, 1.807) is 0 Å². The number of carbonyl (C=O) groups is 1. The van der Waals surface area contributed by atoms with Crippen LogP contribution in [0.15, 0.2) is 36.5 Å². The molecule has 2 aromatic rings. The second-order valence-corrected chi connectivity index (χ2v) is 7.36. The lowest BCUT2D eigenvalue weighted by Crippen LogP contribution is -2.46. The molecule has 136 valence electrons. The van der Waals surface area contributed by atoms with Gasteiger partial charge in [0.1, 0.15) is 5.82 Å². The molecule has 4 rings (SSSR count). The van der Waals surface area contributed by atoms with Crippen molar-refractivity contribution in [1.29, 1.82) is 0 Å². The van der Waals surface area contributed by atoms with E-state index >= 15 is 0 Å². The highest BCUT2D eigenvalue weighted by molar-refractivity contribution is 5.93. The van der Waals surface area contributed by atoms with Gasteiger partial charge < -0.3 is 15.1 Å². The van der Waals surface area contributed by atoms with Crippen molar-refractivity contribution in [1.82, 2.24) is 4.98 Å². The monoisotopic (exact) mass is 350 g/mol. The predicted octanol–water partition coefficient (Wildman–Crippen LogP) is 3.37. The number of rotatable bonds is 4. The molecule has 0 atom stereocenters. The summed E-state index contributed by atoms with van der Waals surface area (Å²) in [7, 11) is 0. The molecule has 2 aliphatic rings. The van der Waals surface area contributed by atoms with Gasteiger partial charge in [-0.25, -0.2) is 4.98 Å². The van der Waals surface area contributed by atoms with Crippen LogP contribution in [0.4, 0.5) is 17.2 Å². The number of carbonyl (C=O) groups excluding carboxylic acids is 1. The number of hydrogen-bond donors (Lipinski definition) is 1. The Balaban J connectivity index is 1.37. The molecule has 5 heteroatoms. The van der Waals surface area contributed by atoms with Gasteiger partial charge >= 0.3 is 0 Å². The molecule has 0 bridgehead atoms. The first-order valence-electron chi connectivity index (χ1n) is 9.45. The molecule has 26 heavy (non-hydrogen) atoms. The van der Waals surface area contributed by atoms with Crippen molar-refractivity contribution in [2.75, 3.05) is 41.3 Å². The van der Waals surface area contributed by atoms with E-state index in [2.05, 4.69) is 58.2 Å². The number of anilines is 3. The van der Waals surface area contributed by atoms with Crippen LogP contribution in [0.3, 0.4) is 0 Å².